The normalized spacial score (nSPS) is 10.6. The van der Waals surface area contributed by atoms with Crippen molar-refractivity contribution in [3.05, 3.63) is 47.0 Å². The molecule has 0 saturated heterocycles. The molecule has 2 aromatic heterocycles. The number of carbonyl (C=O) groups is 1. The molecule has 8 heteroatoms. The van der Waals surface area contributed by atoms with Crippen LogP contribution in [-0.2, 0) is 4.79 Å². The van der Waals surface area contributed by atoms with Gasteiger partial charge in [-0.2, -0.15) is 13.2 Å². The quantitative estimate of drug-likeness (QED) is 0.775. The predicted octanol–water partition coefficient (Wildman–Crippen LogP) is 1.33. The number of pyridine rings is 1. The molecule has 0 saturated carbocycles. The first kappa shape index (κ1) is 13.7. The molecule has 0 atom stereocenters. The van der Waals surface area contributed by atoms with Gasteiger partial charge in [0.05, 0.1) is 0 Å². The van der Waals surface area contributed by atoms with E-state index in [1.54, 1.807) is 18.3 Å². The average molecular weight is 260 g/mol. The summed E-state index contributed by atoms with van der Waals surface area (Å²) in [4.78, 5) is 24.0. The minimum atomic E-state index is -5.08. The fourth-order valence-corrected chi connectivity index (χ4v) is 0.983. The largest absolute Gasteiger partial charge is 0.490 e. The lowest BCUT2D eigenvalue weighted by Gasteiger charge is -1.94. The molecule has 18 heavy (non-hydrogen) atoms. The van der Waals surface area contributed by atoms with Gasteiger partial charge in [0.15, 0.2) is 0 Å². The van der Waals surface area contributed by atoms with Gasteiger partial charge in [-0.15, -0.1) is 0 Å². The molecule has 5 nitrogen and oxygen atoms in total. The molecule has 0 bridgehead atoms. The third kappa shape index (κ3) is 3.58. The lowest BCUT2D eigenvalue weighted by Crippen LogP contribution is -2.21. The van der Waals surface area contributed by atoms with Gasteiger partial charge >= 0.3 is 12.1 Å². The van der Waals surface area contributed by atoms with Crippen molar-refractivity contribution >= 4 is 11.6 Å². The lowest BCUT2D eigenvalue weighted by atomic mass is 10.4. The summed E-state index contributed by atoms with van der Waals surface area (Å²) in [7, 11) is 0. The summed E-state index contributed by atoms with van der Waals surface area (Å²) in [6, 6.07) is 6.88. The van der Waals surface area contributed by atoms with E-state index in [9.17, 15) is 18.0 Å². The Labute approximate surface area is 98.1 Å². The van der Waals surface area contributed by atoms with Gasteiger partial charge in [-0.3, -0.25) is 9.20 Å². The summed E-state index contributed by atoms with van der Waals surface area (Å²) in [6.45, 7) is 0. The highest BCUT2D eigenvalue weighted by Gasteiger charge is 2.38. The van der Waals surface area contributed by atoms with Gasteiger partial charge in [-0.05, 0) is 12.1 Å². The summed E-state index contributed by atoms with van der Waals surface area (Å²) in [5, 5.41) is 7.12. The Morgan fingerprint density at radius 3 is 2.39 bits per heavy atom. The zero-order valence-electron chi connectivity index (χ0n) is 8.76. The molecule has 1 N–H and O–H groups in total. The maximum absolute atomic E-state index is 11.1. The molecule has 0 aromatic carbocycles. The van der Waals surface area contributed by atoms with E-state index in [-0.39, 0.29) is 5.56 Å². The second-order valence-electron chi connectivity index (χ2n) is 3.01. The summed E-state index contributed by atoms with van der Waals surface area (Å²) in [5.41, 5.74) is 0.635. The molecule has 0 aliphatic carbocycles. The Kier molecular flexibility index (Phi) is 4.03. The van der Waals surface area contributed by atoms with Crippen molar-refractivity contribution in [1.82, 2.24) is 9.38 Å². The SMILES string of the molecule is O=C(O)C(F)(F)F.O=c1ccnc2ccccn12. The number of nitrogens with zero attached hydrogens (tertiary/aromatic N) is 2. The minimum Gasteiger partial charge on any atom is -0.475 e. The van der Waals surface area contributed by atoms with Crippen molar-refractivity contribution in [3.63, 3.8) is 0 Å². The zero-order chi connectivity index (χ0) is 13.8. The van der Waals surface area contributed by atoms with Crippen LogP contribution in [0.5, 0.6) is 0 Å². The molecule has 0 radical (unpaired) electrons. The Bertz CT molecular complexity index is 602. The standard InChI is InChI=1S/C8H6N2O.C2HF3O2/c11-8-4-5-9-7-3-1-2-6-10(7)8;3-2(4,5)1(6)7/h1-6H;(H,6,7). The monoisotopic (exact) mass is 260 g/mol. The molecule has 0 amide bonds. The van der Waals surface area contributed by atoms with Crippen LogP contribution < -0.4 is 5.56 Å². The Morgan fingerprint density at radius 1 is 1.28 bits per heavy atom. The first-order valence-corrected chi connectivity index (χ1v) is 4.55. The smallest absolute Gasteiger partial charge is 0.475 e. The molecular weight excluding hydrogens is 253 g/mol. The van der Waals surface area contributed by atoms with E-state index in [4.69, 9.17) is 9.90 Å². The van der Waals surface area contributed by atoms with Crippen LogP contribution in [-0.4, -0.2) is 26.6 Å². The van der Waals surface area contributed by atoms with Crippen LogP contribution in [0.1, 0.15) is 0 Å². The number of aliphatic carboxylic acids is 1. The second-order valence-corrected chi connectivity index (χ2v) is 3.01. The highest BCUT2D eigenvalue weighted by atomic mass is 19.4. The third-order valence-electron chi connectivity index (χ3n) is 1.74. The van der Waals surface area contributed by atoms with Crippen molar-refractivity contribution in [2.75, 3.05) is 0 Å². The number of alkyl halides is 3. The highest BCUT2D eigenvalue weighted by molar-refractivity contribution is 5.73. The zero-order valence-corrected chi connectivity index (χ0v) is 8.76. The van der Waals surface area contributed by atoms with Crippen LogP contribution in [0.2, 0.25) is 0 Å². The van der Waals surface area contributed by atoms with Crippen LogP contribution in [0, 0.1) is 0 Å². The van der Waals surface area contributed by atoms with E-state index >= 15 is 0 Å². The van der Waals surface area contributed by atoms with Crippen molar-refractivity contribution in [3.8, 4) is 0 Å². The maximum atomic E-state index is 11.1. The maximum Gasteiger partial charge on any atom is 0.490 e. The molecule has 2 rings (SSSR count). The van der Waals surface area contributed by atoms with Gasteiger partial charge in [0.2, 0.25) is 0 Å². The van der Waals surface area contributed by atoms with Crippen LogP contribution in [0.3, 0.4) is 0 Å². The molecule has 2 heterocycles. The van der Waals surface area contributed by atoms with Gasteiger partial charge in [-0.1, -0.05) is 6.07 Å². The van der Waals surface area contributed by atoms with E-state index in [2.05, 4.69) is 4.98 Å². The Morgan fingerprint density at radius 2 is 1.89 bits per heavy atom. The fourth-order valence-electron chi connectivity index (χ4n) is 0.983. The summed E-state index contributed by atoms with van der Waals surface area (Å²) < 4.78 is 33.2. The second kappa shape index (κ2) is 5.30. The van der Waals surface area contributed by atoms with Crippen molar-refractivity contribution in [1.29, 1.82) is 0 Å². The topological polar surface area (TPSA) is 71.7 Å². The number of halogens is 3. The molecule has 0 aliphatic heterocycles. The molecule has 0 aliphatic rings. The van der Waals surface area contributed by atoms with Crippen LogP contribution in [0.25, 0.3) is 5.65 Å². The van der Waals surface area contributed by atoms with E-state index in [1.807, 2.05) is 6.07 Å². The first-order chi connectivity index (χ1) is 8.32. The van der Waals surface area contributed by atoms with Gasteiger partial charge in [0, 0.05) is 18.5 Å². The number of aromatic nitrogens is 2. The molecule has 2 aromatic rings. The molecule has 0 spiro atoms. The fraction of sp³-hybridized carbons (Fsp3) is 0.100. The molecule has 0 fully saturated rings. The van der Waals surface area contributed by atoms with Crippen LogP contribution in [0.15, 0.2) is 41.5 Å². The van der Waals surface area contributed by atoms with Crippen molar-refractivity contribution in [2.24, 2.45) is 0 Å². The summed E-state index contributed by atoms with van der Waals surface area (Å²) in [5.74, 6) is -2.76. The van der Waals surface area contributed by atoms with Crippen molar-refractivity contribution < 1.29 is 23.1 Å². The number of hydrogen-bond acceptors (Lipinski definition) is 3. The average Bonchev–Trinajstić information content (AvgIpc) is 2.29. The summed E-state index contributed by atoms with van der Waals surface area (Å²) in [6.07, 6.45) is -1.87. The molecule has 96 valence electrons. The number of carboxylic acids is 1. The van der Waals surface area contributed by atoms with E-state index in [0.717, 1.165) is 0 Å². The van der Waals surface area contributed by atoms with Gasteiger partial charge in [0.25, 0.3) is 5.56 Å². The molecular formula is C10H7F3N2O3. The number of carboxylic acid groups (broad SMARTS) is 1. The molecule has 0 unspecified atom stereocenters. The van der Waals surface area contributed by atoms with E-state index < -0.39 is 12.1 Å². The highest BCUT2D eigenvalue weighted by Crippen LogP contribution is 2.13. The summed E-state index contributed by atoms with van der Waals surface area (Å²) >= 11 is 0. The van der Waals surface area contributed by atoms with Crippen LogP contribution >= 0.6 is 0 Å². The van der Waals surface area contributed by atoms with Gasteiger partial charge in [-0.25, -0.2) is 9.78 Å². The lowest BCUT2D eigenvalue weighted by molar-refractivity contribution is -0.192. The Balaban J connectivity index is 0.000000203. The number of hydrogen-bond donors (Lipinski definition) is 1. The minimum absolute atomic E-state index is 0.0457. The third-order valence-corrected chi connectivity index (χ3v) is 1.74. The Hall–Kier alpha value is -2.38. The van der Waals surface area contributed by atoms with Gasteiger partial charge < -0.3 is 5.11 Å². The predicted molar refractivity (Wildman–Crippen MR) is 55.2 cm³/mol. The van der Waals surface area contributed by atoms with E-state index in [1.165, 1.54) is 16.7 Å². The van der Waals surface area contributed by atoms with E-state index in [0.29, 0.717) is 5.65 Å². The van der Waals surface area contributed by atoms with Crippen molar-refractivity contribution in [2.45, 2.75) is 6.18 Å². The first-order valence-electron chi connectivity index (χ1n) is 4.55. The van der Waals surface area contributed by atoms with Gasteiger partial charge in [0.1, 0.15) is 5.65 Å². The number of fused-ring (bicyclic) bond motifs is 1. The van der Waals surface area contributed by atoms with Crippen LogP contribution in [0.4, 0.5) is 13.2 Å². The number of rotatable bonds is 0.